The molecule has 0 saturated carbocycles. The number of amides is 1. The molecule has 1 N–H and O–H groups in total. The second kappa shape index (κ2) is 8.76. The van der Waals surface area contributed by atoms with E-state index in [1.807, 2.05) is 4.98 Å². The number of nitrogens with one attached hydrogen (secondary N) is 1. The van der Waals surface area contributed by atoms with E-state index in [9.17, 15) is 22.8 Å². The first-order valence-electron chi connectivity index (χ1n) is 9.97. The summed E-state index contributed by atoms with van der Waals surface area (Å²) in [6.45, 7) is 1.97. The lowest BCUT2D eigenvalue weighted by atomic mass is 10.0. The topological polar surface area (TPSA) is 74.9 Å². The largest absolute Gasteiger partial charge is 0.495 e. The van der Waals surface area contributed by atoms with Crippen LogP contribution in [0.3, 0.4) is 0 Å². The van der Waals surface area contributed by atoms with Gasteiger partial charge in [-0.25, -0.2) is 0 Å². The van der Waals surface area contributed by atoms with Gasteiger partial charge in [0.2, 0.25) is 0 Å². The van der Waals surface area contributed by atoms with Crippen molar-refractivity contribution in [2.75, 3.05) is 39.9 Å². The minimum Gasteiger partial charge on any atom is -0.495 e. The van der Waals surface area contributed by atoms with E-state index in [4.69, 9.17) is 21.1 Å². The van der Waals surface area contributed by atoms with Gasteiger partial charge in [0.15, 0.2) is 0 Å². The highest BCUT2D eigenvalue weighted by Crippen LogP contribution is 2.31. The first-order valence-corrected chi connectivity index (χ1v) is 10.3. The number of nitrogens with zero attached hydrogens (tertiary/aromatic N) is 2. The second-order valence-corrected chi connectivity index (χ2v) is 8.08. The van der Waals surface area contributed by atoms with Crippen molar-refractivity contribution in [1.29, 1.82) is 0 Å². The number of halogens is 4. The molecule has 4 rings (SSSR count). The Hall–Kier alpha value is -2.56. The summed E-state index contributed by atoms with van der Waals surface area (Å²) in [5.74, 6) is 0.205. The predicted octanol–water partition coefficient (Wildman–Crippen LogP) is 2.95. The number of hydrogen-bond acceptors (Lipinski definition) is 5. The van der Waals surface area contributed by atoms with Gasteiger partial charge >= 0.3 is 6.18 Å². The monoisotopic (exact) mass is 471 g/mol. The van der Waals surface area contributed by atoms with E-state index < -0.39 is 23.5 Å². The number of methoxy groups -OCH3 is 1. The summed E-state index contributed by atoms with van der Waals surface area (Å²) in [4.78, 5) is 30.9. The molecule has 1 aromatic heterocycles. The first-order chi connectivity index (χ1) is 15.2. The minimum absolute atomic E-state index is 0.0955. The standard InChI is InChI=1S/C21H21ClF3N3O4/c1-31-15-4-2-3-14(18(15)22)20(30)28-8-7-27-10-16(32-11-12(27)9-28)13-5-6-17(21(23,24)25)26-19(13)29/h2-6,12,16H,7-11H2,1H3,(H,26,29)/t12-,16-/m0/s1. The van der Waals surface area contributed by atoms with Gasteiger partial charge in [0.1, 0.15) is 17.5 Å². The molecule has 0 spiro atoms. The zero-order valence-electron chi connectivity index (χ0n) is 17.1. The van der Waals surface area contributed by atoms with Gasteiger partial charge in [-0.1, -0.05) is 17.7 Å². The molecule has 0 radical (unpaired) electrons. The number of alkyl halides is 3. The van der Waals surface area contributed by atoms with Crippen LogP contribution >= 0.6 is 11.6 Å². The van der Waals surface area contributed by atoms with Gasteiger partial charge < -0.3 is 19.4 Å². The maximum Gasteiger partial charge on any atom is 0.431 e. The van der Waals surface area contributed by atoms with Gasteiger partial charge in [0.05, 0.1) is 30.3 Å². The lowest BCUT2D eigenvalue weighted by molar-refractivity contribution is -0.141. The van der Waals surface area contributed by atoms with E-state index in [2.05, 4.69) is 4.90 Å². The van der Waals surface area contributed by atoms with Crippen molar-refractivity contribution in [3.8, 4) is 5.75 Å². The van der Waals surface area contributed by atoms with E-state index >= 15 is 0 Å². The maximum absolute atomic E-state index is 13.0. The first kappa shape index (κ1) is 22.6. The number of H-pyrrole nitrogens is 1. The van der Waals surface area contributed by atoms with Crippen molar-refractivity contribution in [3.05, 3.63) is 62.5 Å². The zero-order chi connectivity index (χ0) is 23.0. The summed E-state index contributed by atoms with van der Waals surface area (Å²) in [5.41, 5.74) is -1.41. The highest BCUT2D eigenvalue weighted by molar-refractivity contribution is 6.35. The highest BCUT2D eigenvalue weighted by Gasteiger charge is 2.38. The van der Waals surface area contributed by atoms with Crippen LogP contribution in [0, 0.1) is 0 Å². The lowest BCUT2D eigenvalue weighted by Gasteiger charge is -2.46. The van der Waals surface area contributed by atoms with Gasteiger partial charge in [-0.2, -0.15) is 13.2 Å². The van der Waals surface area contributed by atoms with Crippen LogP contribution in [0.25, 0.3) is 0 Å². The molecule has 32 heavy (non-hydrogen) atoms. The Bertz CT molecular complexity index is 1070. The normalized spacial score (nSPS) is 21.8. The number of fused-ring (bicyclic) bond motifs is 1. The average Bonchev–Trinajstić information content (AvgIpc) is 2.77. The van der Waals surface area contributed by atoms with Crippen LogP contribution in [0.2, 0.25) is 5.02 Å². The third kappa shape index (κ3) is 4.35. The molecule has 2 aliphatic heterocycles. The number of carbonyl (C=O) groups excluding carboxylic acids is 1. The average molecular weight is 472 g/mol. The second-order valence-electron chi connectivity index (χ2n) is 7.70. The summed E-state index contributed by atoms with van der Waals surface area (Å²) in [6.07, 6.45) is -5.27. The van der Waals surface area contributed by atoms with Gasteiger partial charge in [0, 0.05) is 31.7 Å². The molecule has 2 aliphatic rings. The Morgan fingerprint density at radius 3 is 2.69 bits per heavy atom. The molecule has 2 saturated heterocycles. The van der Waals surface area contributed by atoms with Crippen LogP contribution in [0.15, 0.2) is 35.1 Å². The summed E-state index contributed by atoms with van der Waals surface area (Å²) < 4.78 is 49.4. The van der Waals surface area contributed by atoms with Gasteiger partial charge in [-0.05, 0) is 24.3 Å². The van der Waals surface area contributed by atoms with Crippen LogP contribution < -0.4 is 10.3 Å². The summed E-state index contributed by atoms with van der Waals surface area (Å²) in [7, 11) is 1.48. The van der Waals surface area contributed by atoms with E-state index in [0.717, 1.165) is 12.1 Å². The number of benzene rings is 1. The number of aromatic amines is 1. The van der Waals surface area contributed by atoms with Gasteiger partial charge in [0.25, 0.3) is 11.5 Å². The molecule has 172 valence electrons. The van der Waals surface area contributed by atoms with Gasteiger partial charge in [-0.3, -0.25) is 14.5 Å². The fourth-order valence-corrected chi connectivity index (χ4v) is 4.35. The van der Waals surface area contributed by atoms with Crippen LogP contribution in [0.4, 0.5) is 13.2 Å². The summed E-state index contributed by atoms with van der Waals surface area (Å²) in [5, 5.41) is 0.254. The number of pyridine rings is 1. The van der Waals surface area contributed by atoms with E-state index in [-0.39, 0.29) is 29.1 Å². The predicted molar refractivity (Wildman–Crippen MR) is 110 cm³/mol. The van der Waals surface area contributed by atoms with Crippen LogP contribution in [0.5, 0.6) is 5.75 Å². The van der Waals surface area contributed by atoms with Crippen molar-refractivity contribution >= 4 is 17.5 Å². The third-order valence-electron chi connectivity index (χ3n) is 5.79. The molecule has 7 nitrogen and oxygen atoms in total. The van der Waals surface area contributed by atoms with Crippen molar-refractivity contribution in [1.82, 2.24) is 14.8 Å². The number of morpholine rings is 1. The number of rotatable bonds is 3. The van der Waals surface area contributed by atoms with Crippen LogP contribution in [-0.2, 0) is 10.9 Å². The molecule has 1 amide bonds. The van der Waals surface area contributed by atoms with Crippen LogP contribution in [0.1, 0.15) is 27.7 Å². The number of piperazine rings is 1. The lowest BCUT2D eigenvalue weighted by Crippen LogP contribution is -2.59. The Balaban J connectivity index is 1.44. The Morgan fingerprint density at radius 2 is 2.00 bits per heavy atom. The van der Waals surface area contributed by atoms with E-state index in [1.165, 1.54) is 7.11 Å². The molecule has 2 fully saturated rings. The Kier molecular flexibility index (Phi) is 6.19. The van der Waals surface area contributed by atoms with Crippen molar-refractivity contribution < 1.29 is 27.4 Å². The fraction of sp³-hybridized carbons (Fsp3) is 0.429. The molecule has 11 heteroatoms. The van der Waals surface area contributed by atoms with Crippen molar-refractivity contribution in [2.24, 2.45) is 0 Å². The molecule has 0 aliphatic carbocycles. The molecule has 0 unspecified atom stereocenters. The fourth-order valence-electron chi connectivity index (χ4n) is 4.06. The smallest absolute Gasteiger partial charge is 0.431 e. The van der Waals surface area contributed by atoms with Crippen LogP contribution in [-0.4, -0.2) is 66.6 Å². The number of hydrogen-bond donors (Lipinski definition) is 1. The van der Waals surface area contributed by atoms with E-state index in [0.29, 0.717) is 37.5 Å². The minimum atomic E-state index is -4.62. The van der Waals surface area contributed by atoms with Crippen molar-refractivity contribution in [3.63, 3.8) is 0 Å². The Labute approximate surface area is 186 Å². The molecule has 2 atom stereocenters. The molecule has 1 aromatic carbocycles. The zero-order valence-corrected chi connectivity index (χ0v) is 17.9. The Morgan fingerprint density at radius 1 is 1.22 bits per heavy atom. The number of ether oxygens (including phenoxy) is 2. The number of aromatic nitrogens is 1. The quantitative estimate of drug-likeness (QED) is 0.745. The summed E-state index contributed by atoms with van der Waals surface area (Å²) >= 11 is 6.29. The van der Waals surface area contributed by atoms with Crippen molar-refractivity contribution in [2.45, 2.75) is 18.3 Å². The van der Waals surface area contributed by atoms with E-state index in [1.54, 1.807) is 23.1 Å². The van der Waals surface area contributed by atoms with Gasteiger partial charge in [-0.15, -0.1) is 0 Å². The third-order valence-corrected chi connectivity index (χ3v) is 6.18. The molecule has 3 heterocycles. The summed E-state index contributed by atoms with van der Waals surface area (Å²) in [6, 6.07) is 6.93. The SMILES string of the molecule is COc1cccc(C(=O)N2CCN3C[C@@H](c4ccc(C(F)(F)F)[nH]c4=O)OC[C@@H]3C2)c1Cl. The molecular formula is C21H21ClF3N3O4. The number of carbonyl (C=O) groups is 1. The molecule has 2 aromatic rings. The molecule has 0 bridgehead atoms. The highest BCUT2D eigenvalue weighted by atomic mass is 35.5. The molecular weight excluding hydrogens is 451 g/mol. The maximum atomic E-state index is 13.0.